The molecule has 3 atom stereocenters. The minimum atomic E-state index is -3.83. The van der Waals surface area contributed by atoms with E-state index in [2.05, 4.69) is 95.2 Å². The number of allylic oxidation sites excluding steroid dienone is 1. The van der Waals surface area contributed by atoms with E-state index in [1.165, 1.54) is 81.9 Å². The number of aryl methyl sites for hydroxylation is 2. The van der Waals surface area contributed by atoms with Crippen LogP contribution in [0.5, 0.6) is 0 Å². The van der Waals surface area contributed by atoms with Gasteiger partial charge in [-0.15, -0.1) is 6.58 Å². The zero-order valence-corrected chi connectivity index (χ0v) is 34.3. The summed E-state index contributed by atoms with van der Waals surface area (Å²) in [4.78, 5) is 37.4. The van der Waals surface area contributed by atoms with Crippen LogP contribution in [-0.2, 0) is 54.3 Å². The van der Waals surface area contributed by atoms with Crippen molar-refractivity contribution in [3.05, 3.63) is 65.3 Å². The van der Waals surface area contributed by atoms with Crippen LogP contribution in [0, 0.1) is 6.92 Å². The van der Waals surface area contributed by atoms with Crippen molar-refractivity contribution in [2.24, 2.45) is 0 Å². The highest BCUT2D eigenvalue weighted by Crippen LogP contribution is 2.35. The van der Waals surface area contributed by atoms with Crippen molar-refractivity contribution < 1.29 is 56.3 Å². The molecule has 56 heavy (non-hydrogen) atoms. The molecule has 334 valence electrons. The molecule has 14 heteroatoms. The van der Waals surface area contributed by atoms with Crippen molar-refractivity contribution in [1.29, 1.82) is 0 Å². The summed E-state index contributed by atoms with van der Waals surface area (Å²) in [6.45, 7) is 21.9. The summed E-state index contributed by atoms with van der Waals surface area (Å²) >= 11 is 0. The number of ether oxygens (including phenoxy) is 3. The van der Waals surface area contributed by atoms with E-state index >= 15 is 0 Å². The summed E-state index contributed by atoms with van der Waals surface area (Å²) in [5.41, 5.74) is 5.59. The summed E-state index contributed by atoms with van der Waals surface area (Å²) in [5.74, 6) is 2.20. The van der Waals surface area contributed by atoms with Gasteiger partial charge in [0.1, 0.15) is 18.8 Å². The number of unbranched alkanes of at least 4 members (excludes halogenated alkanes) is 6. The molecular weight excluding hydrogens is 759 g/mol. The number of hydrogen-bond donors (Lipinski definition) is 2. The molecule has 0 saturated heterocycles. The lowest BCUT2D eigenvalue weighted by molar-refractivity contribution is -0.255. The summed E-state index contributed by atoms with van der Waals surface area (Å²) in [6, 6.07) is 6.90. The van der Waals surface area contributed by atoms with E-state index in [-0.39, 0.29) is 48.5 Å². The fraction of sp³-hybridized carbons (Fsp3) is 0.643. The maximum absolute atomic E-state index is 10.9. The summed E-state index contributed by atoms with van der Waals surface area (Å²) in [5, 5.41) is 0. The predicted octanol–water partition coefficient (Wildman–Crippen LogP) is 10.6. The normalized spacial score (nSPS) is 12.6. The van der Waals surface area contributed by atoms with Crippen LogP contribution in [0.15, 0.2) is 48.6 Å². The smallest absolute Gasteiger partial charge is 0.333 e. The molecule has 12 nitrogen and oxygen atoms in total. The molecule has 0 radical (unpaired) electrons. The molecule has 0 aliphatic rings. The topological polar surface area (TPSA) is 162 Å². The van der Waals surface area contributed by atoms with E-state index < -0.39 is 35.8 Å². The Balaban J connectivity index is -0.000000163. The van der Waals surface area contributed by atoms with Crippen LogP contribution in [0.25, 0.3) is 6.08 Å². The van der Waals surface area contributed by atoms with Gasteiger partial charge in [0.05, 0.1) is 36.5 Å². The Hall–Kier alpha value is -2.13. The lowest BCUT2D eigenvalue weighted by atomic mass is 10.00. The lowest BCUT2D eigenvalue weighted by Gasteiger charge is -2.16. The quantitative estimate of drug-likeness (QED) is 0.0133. The Morgan fingerprint density at radius 2 is 1.46 bits per heavy atom. The van der Waals surface area contributed by atoms with E-state index in [4.69, 9.17) is 24.0 Å². The number of hydrogen-bond acceptors (Lipinski definition) is 12. The third kappa shape index (κ3) is 46.3. The first-order valence-corrected chi connectivity index (χ1v) is 21.0. The van der Waals surface area contributed by atoms with Crippen LogP contribution in [0.4, 0.5) is 0 Å². The first kappa shape index (κ1) is 65.7. The van der Waals surface area contributed by atoms with Crippen LogP contribution < -0.4 is 0 Å². The number of carbonyl (C=O) groups excluding carboxylic acids is 1. The van der Waals surface area contributed by atoms with Crippen LogP contribution in [0.3, 0.4) is 0 Å². The second-order valence-electron chi connectivity index (χ2n) is 12.5. The molecule has 0 bridgehead atoms. The Labute approximate surface area is 343 Å². The molecule has 3 unspecified atom stereocenters. The van der Waals surface area contributed by atoms with Gasteiger partial charge in [-0.3, -0.25) is 4.21 Å². The van der Waals surface area contributed by atoms with E-state index in [9.17, 15) is 13.6 Å². The zero-order valence-electron chi connectivity index (χ0n) is 32.6. The van der Waals surface area contributed by atoms with Crippen molar-refractivity contribution in [3.63, 3.8) is 0 Å². The first-order chi connectivity index (χ1) is 24.3. The molecule has 0 aromatic heterocycles. The maximum atomic E-state index is 10.9. The Morgan fingerprint density at radius 1 is 0.911 bits per heavy atom. The first-order valence-electron chi connectivity index (χ1n) is 17.6. The van der Waals surface area contributed by atoms with Crippen molar-refractivity contribution in [3.8, 4) is 0 Å². The van der Waals surface area contributed by atoms with E-state index in [0.29, 0.717) is 19.8 Å². The van der Waals surface area contributed by atoms with E-state index in [1.807, 2.05) is 6.92 Å². The molecular formula is C42H82O12PS-. The van der Waals surface area contributed by atoms with E-state index in [1.54, 1.807) is 6.92 Å². The average molecular weight is 842 g/mol. The second kappa shape index (κ2) is 39.7. The van der Waals surface area contributed by atoms with Crippen molar-refractivity contribution in [1.82, 2.24) is 0 Å². The van der Waals surface area contributed by atoms with Gasteiger partial charge < -0.3 is 28.6 Å². The van der Waals surface area contributed by atoms with Crippen molar-refractivity contribution in [2.45, 2.75) is 148 Å². The molecule has 0 saturated carbocycles. The van der Waals surface area contributed by atoms with Crippen molar-refractivity contribution >= 4 is 41.9 Å². The van der Waals surface area contributed by atoms with Crippen LogP contribution in [0.1, 0.15) is 139 Å². The van der Waals surface area contributed by atoms with Gasteiger partial charge in [-0.1, -0.05) is 118 Å². The molecule has 1 aromatic rings. The summed E-state index contributed by atoms with van der Waals surface area (Å²) < 4.78 is 44.5. The zero-order chi connectivity index (χ0) is 40.0. The molecule has 0 spiro atoms. The van der Waals surface area contributed by atoms with Gasteiger partial charge in [0, 0.05) is 5.57 Å². The average Bonchev–Trinajstić information content (AvgIpc) is 3.05. The molecule has 0 aliphatic heterocycles. The Morgan fingerprint density at radius 3 is 1.98 bits per heavy atom. The summed E-state index contributed by atoms with van der Waals surface area (Å²) in [6.07, 6.45) is 17.9. The number of rotatable bonds is 26. The fourth-order valence-electron chi connectivity index (χ4n) is 3.85. The highest BCUT2D eigenvalue weighted by Gasteiger charge is 2.13. The van der Waals surface area contributed by atoms with Gasteiger partial charge in [-0.05, 0) is 89.7 Å². The predicted molar refractivity (Wildman–Crippen MR) is 239 cm³/mol. The monoisotopic (exact) mass is 842 g/mol. The highest BCUT2D eigenvalue weighted by molar-refractivity contribution is 7.90. The van der Waals surface area contributed by atoms with Crippen LogP contribution in [0.2, 0.25) is 0 Å². The third-order valence-electron chi connectivity index (χ3n) is 6.59. The SMILES string of the molecule is C.C.C.C.C/C=C/c1cc(CCCCCCCCC)ccc1C.C=C(C)C(=O)OCC(C)OOP(=C)(O)O.C=C(C)CCOCCOCC(C)OOS(=C)(=O)[O-]. The fourth-order valence-corrected chi connectivity index (χ4v) is 4.39. The molecule has 0 heterocycles. The minimum Gasteiger partial charge on any atom is -0.755 e. The van der Waals surface area contributed by atoms with Crippen LogP contribution >= 0.6 is 7.57 Å². The maximum Gasteiger partial charge on any atom is 0.333 e. The van der Waals surface area contributed by atoms with Gasteiger partial charge >= 0.3 is 5.97 Å². The number of benzene rings is 1. The number of esters is 1. The largest absolute Gasteiger partial charge is 0.755 e. The summed E-state index contributed by atoms with van der Waals surface area (Å²) in [7, 11) is -7.50. The van der Waals surface area contributed by atoms with Gasteiger partial charge in [-0.25, -0.2) is 14.6 Å². The molecule has 0 amide bonds. The highest BCUT2D eigenvalue weighted by atomic mass is 32.2. The van der Waals surface area contributed by atoms with Gasteiger partial charge in [0.15, 0.2) is 0 Å². The molecule has 1 aromatic carbocycles. The van der Waals surface area contributed by atoms with E-state index in [0.717, 1.165) is 12.0 Å². The van der Waals surface area contributed by atoms with Gasteiger partial charge in [0.2, 0.25) is 0 Å². The van der Waals surface area contributed by atoms with Crippen molar-refractivity contribution in [2.75, 3.05) is 33.0 Å². The lowest BCUT2D eigenvalue weighted by Crippen LogP contribution is -2.20. The Kier molecular flexibility index (Phi) is 46.6. The molecule has 0 aliphatic carbocycles. The molecule has 0 fully saturated rings. The second-order valence-corrected chi connectivity index (χ2v) is 15.2. The number of carbonyl (C=O) groups is 1. The standard InChI is InChI=1S/C19H30.C11H22O6S.C8H15O6P.4CH4/c1-4-6-7-8-9-10-11-13-18-15-14-17(3)19(16-18)12-5-2;1-10(2)5-6-14-7-8-15-9-11(3)16-17-18(4,12)13;1-6(2)8(9)12-5-7(3)13-14-15(4,10)11;;;;/h5,12,14-16H,4,6-11,13H2,1-3H3;11H,1,4-9H2,2-3H3,(H,12,13);7,10-11H,1,4-5H2,2-3H3;4*1H4/p-1/b12-5+;;;;;;. The minimum absolute atomic E-state index is 0. The Bertz CT molecular complexity index is 1310. The van der Waals surface area contributed by atoms with Gasteiger partial charge in [0.25, 0.3) is 7.57 Å². The van der Waals surface area contributed by atoms with Crippen LogP contribution in [-0.4, -0.2) is 81.9 Å². The van der Waals surface area contributed by atoms with Gasteiger partial charge in [-0.2, -0.15) is 9.01 Å². The third-order valence-corrected chi connectivity index (χ3v) is 7.20. The molecule has 2 N–H and O–H groups in total. The molecule has 1 rings (SSSR count).